The van der Waals surface area contributed by atoms with E-state index < -0.39 is 5.60 Å². The van der Waals surface area contributed by atoms with Gasteiger partial charge in [0, 0.05) is 53.1 Å². The van der Waals surface area contributed by atoms with Gasteiger partial charge >= 0.3 is 0 Å². The monoisotopic (exact) mass is 288 g/mol. The fourth-order valence-electron chi connectivity index (χ4n) is 0.909. The number of hydrogen-bond donors (Lipinski definition) is 1. The predicted molar refractivity (Wildman–Crippen MR) is 44.6 cm³/mol. The number of hydrogen-bond acceptors (Lipinski definition) is 2. The van der Waals surface area contributed by atoms with E-state index in [-0.39, 0.29) is 40.4 Å². The number of nitrogens with zero attached hydrogens (tertiary/aromatic N) is 1. The van der Waals surface area contributed by atoms with Crippen LogP contribution in [0.1, 0.15) is 33.6 Å². The van der Waals surface area contributed by atoms with Gasteiger partial charge in [-0.25, -0.2) is 0 Å². The Kier molecular flexibility index (Phi) is 8.54. The molecule has 1 radical (unpaired) electrons. The first kappa shape index (κ1) is 14.5. The van der Waals surface area contributed by atoms with Gasteiger partial charge in [-0.2, -0.15) is 0 Å². The van der Waals surface area contributed by atoms with E-state index >= 15 is 0 Å². The summed E-state index contributed by atoms with van der Waals surface area (Å²) in [5.74, 6) is 0. The summed E-state index contributed by atoms with van der Waals surface area (Å²) in [6.07, 6.45) is 1.77. The number of aliphatic hydroxyl groups is 1. The molecular formula is C8H17NOPm. The smallest absolute Gasteiger partial charge is 0.0991 e. The zero-order valence-corrected chi connectivity index (χ0v) is 10.6. The van der Waals surface area contributed by atoms with Crippen LogP contribution in [-0.4, -0.2) is 23.5 Å². The van der Waals surface area contributed by atoms with Crippen molar-refractivity contribution in [3.05, 3.63) is 0 Å². The predicted octanol–water partition coefficient (Wildman–Crippen LogP) is 1.63. The topological polar surface area (TPSA) is 32.6 Å². The Morgan fingerprint density at radius 1 is 1.55 bits per heavy atom. The van der Waals surface area contributed by atoms with Gasteiger partial charge in [-0.3, -0.25) is 4.99 Å². The molecule has 0 fully saturated rings. The molecule has 0 aliphatic carbocycles. The zero-order chi connectivity index (χ0) is 8.20. The maximum Gasteiger partial charge on any atom is 0.0991 e. The van der Waals surface area contributed by atoms with Crippen molar-refractivity contribution in [1.29, 1.82) is 0 Å². The molecule has 0 saturated heterocycles. The summed E-state index contributed by atoms with van der Waals surface area (Å²) in [5.41, 5.74) is 0.123. The summed E-state index contributed by atoms with van der Waals surface area (Å²) < 4.78 is 0. The molecule has 0 bridgehead atoms. The molecule has 0 aliphatic heterocycles. The van der Waals surface area contributed by atoms with Gasteiger partial charge < -0.3 is 5.11 Å². The minimum Gasteiger partial charge on any atom is -0.384 e. The van der Waals surface area contributed by atoms with Gasteiger partial charge in [-0.05, 0) is 20.3 Å². The summed E-state index contributed by atoms with van der Waals surface area (Å²) in [6.45, 7) is 5.71. The van der Waals surface area contributed by atoms with E-state index in [0.29, 0.717) is 0 Å². The van der Waals surface area contributed by atoms with Crippen molar-refractivity contribution in [3.63, 3.8) is 0 Å². The van der Waals surface area contributed by atoms with Gasteiger partial charge in [0.1, 0.15) is 0 Å². The van der Waals surface area contributed by atoms with E-state index in [4.69, 9.17) is 0 Å². The third kappa shape index (κ3) is 5.25. The Morgan fingerprint density at radius 2 is 2.00 bits per heavy atom. The maximum atomic E-state index is 9.65. The minimum atomic E-state index is -0.691. The molecule has 0 aromatic rings. The second kappa shape index (κ2) is 6.48. The molecule has 1 atom stereocenters. The van der Waals surface area contributed by atoms with E-state index in [2.05, 4.69) is 11.9 Å². The molecule has 1 unspecified atom stereocenters. The van der Waals surface area contributed by atoms with Crippen LogP contribution >= 0.6 is 0 Å². The van der Waals surface area contributed by atoms with Crippen molar-refractivity contribution >= 4 is 5.71 Å². The van der Waals surface area contributed by atoms with Crippen LogP contribution in [0.2, 0.25) is 0 Å². The Balaban J connectivity index is 0. The molecule has 0 spiro atoms. The molecule has 2 nitrogen and oxygen atoms in total. The van der Waals surface area contributed by atoms with E-state index in [1.54, 1.807) is 14.0 Å². The van der Waals surface area contributed by atoms with Crippen molar-refractivity contribution in [2.24, 2.45) is 4.99 Å². The first-order valence-electron chi connectivity index (χ1n) is 3.71. The second-order valence-corrected chi connectivity index (χ2v) is 2.83. The van der Waals surface area contributed by atoms with Crippen molar-refractivity contribution in [2.75, 3.05) is 7.05 Å². The summed E-state index contributed by atoms with van der Waals surface area (Å²) in [6, 6.07) is 0. The summed E-state index contributed by atoms with van der Waals surface area (Å²) in [5, 5.41) is 9.65. The van der Waals surface area contributed by atoms with Crippen LogP contribution in [0, 0.1) is 40.4 Å². The maximum absolute atomic E-state index is 9.65. The standard InChI is InChI=1S/C8H17NO.Pm/c1-5-6-8(3,10)7(2)9-4;/h10H,5-6H2,1-4H3;. The molecule has 1 N–H and O–H groups in total. The first-order chi connectivity index (χ1) is 4.54. The molecule has 0 aliphatic rings. The van der Waals surface area contributed by atoms with Crippen molar-refractivity contribution in [3.8, 4) is 0 Å². The summed E-state index contributed by atoms with van der Waals surface area (Å²) in [4.78, 5) is 3.95. The quantitative estimate of drug-likeness (QED) is 0.787. The molecule has 0 amide bonds. The van der Waals surface area contributed by atoms with E-state index in [1.165, 1.54) is 0 Å². The second-order valence-electron chi connectivity index (χ2n) is 2.83. The number of rotatable bonds is 3. The van der Waals surface area contributed by atoms with E-state index in [1.807, 2.05) is 6.92 Å². The van der Waals surface area contributed by atoms with Gasteiger partial charge in [-0.1, -0.05) is 13.3 Å². The van der Waals surface area contributed by atoms with Crippen molar-refractivity contribution < 1.29 is 45.5 Å². The summed E-state index contributed by atoms with van der Waals surface area (Å²) in [7, 11) is 1.71. The Morgan fingerprint density at radius 3 is 2.27 bits per heavy atom. The molecular weight excluding hydrogens is 271 g/mol. The molecule has 0 rings (SSSR count). The molecule has 0 heterocycles. The number of aliphatic imine (C=N–C) groups is 1. The average Bonchev–Trinajstić information content (AvgIpc) is 1.86. The zero-order valence-electron chi connectivity index (χ0n) is 7.76. The third-order valence-electron chi connectivity index (χ3n) is 1.85. The van der Waals surface area contributed by atoms with Crippen LogP contribution in [0.5, 0.6) is 0 Å². The molecule has 0 aromatic carbocycles. The van der Waals surface area contributed by atoms with Crippen LogP contribution < -0.4 is 0 Å². The van der Waals surface area contributed by atoms with Crippen LogP contribution in [0.15, 0.2) is 4.99 Å². The van der Waals surface area contributed by atoms with Crippen molar-refractivity contribution in [1.82, 2.24) is 0 Å². The fourth-order valence-corrected chi connectivity index (χ4v) is 0.909. The molecule has 3 heteroatoms. The van der Waals surface area contributed by atoms with Gasteiger partial charge in [-0.15, -0.1) is 0 Å². The van der Waals surface area contributed by atoms with E-state index in [9.17, 15) is 5.11 Å². The van der Waals surface area contributed by atoms with Crippen molar-refractivity contribution in [2.45, 2.75) is 39.2 Å². The Bertz CT molecular complexity index is 132. The molecule has 0 saturated carbocycles. The van der Waals surface area contributed by atoms with E-state index in [0.717, 1.165) is 18.6 Å². The molecule has 0 aromatic heterocycles. The summed E-state index contributed by atoms with van der Waals surface area (Å²) >= 11 is 0. The van der Waals surface area contributed by atoms with Gasteiger partial charge in [0.25, 0.3) is 0 Å². The SMILES string of the molecule is CCCC(C)(O)C(C)=NC.[Pm]. The average molecular weight is 288 g/mol. The largest absolute Gasteiger partial charge is 0.384 e. The fraction of sp³-hybridized carbons (Fsp3) is 0.875. The Labute approximate surface area is 102 Å². The van der Waals surface area contributed by atoms with Crippen LogP contribution in [0.4, 0.5) is 0 Å². The van der Waals surface area contributed by atoms with Gasteiger partial charge in [0.2, 0.25) is 0 Å². The minimum absolute atomic E-state index is 0. The third-order valence-corrected chi connectivity index (χ3v) is 1.85. The van der Waals surface area contributed by atoms with Gasteiger partial charge in [0.05, 0.1) is 5.60 Å². The molecule has 11 heavy (non-hydrogen) atoms. The molecule has 65 valence electrons. The Hall–Kier alpha value is 0.968. The van der Waals surface area contributed by atoms with Crippen LogP contribution in [0.3, 0.4) is 0 Å². The van der Waals surface area contributed by atoms with Crippen LogP contribution in [-0.2, 0) is 0 Å². The van der Waals surface area contributed by atoms with Gasteiger partial charge in [0.15, 0.2) is 0 Å². The van der Waals surface area contributed by atoms with Crippen LogP contribution in [0.25, 0.3) is 0 Å². The normalized spacial score (nSPS) is 17.0. The first-order valence-corrected chi connectivity index (χ1v) is 3.71.